The van der Waals surface area contributed by atoms with Gasteiger partial charge in [0.25, 0.3) is 11.5 Å². The zero-order valence-electron chi connectivity index (χ0n) is 15.8. The number of fused-ring (bicyclic) bond motifs is 2. The number of benzene rings is 1. The SMILES string of the molecule is Cc1oc2ncn(C)c(=O)c2c1C(=O)OC(C)C(=O)Nc1ccc2c(c1)OCO2. The third-order valence-corrected chi connectivity index (χ3v) is 4.45. The fourth-order valence-electron chi connectivity index (χ4n) is 2.92. The van der Waals surface area contributed by atoms with E-state index in [0.717, 1.165) is 0 Å². The van der Waals surface area contributed by atoms with E-state index in [1.54, 1.807) is 18.2 Å². The van der Waals surface area contributed by atoms with E-state index in [1.807, 2.05) is 0 Å². The molecule has 1 aliphatic rings. The second kappa shape index (κ2) is 6.97. The molecule has 0 spiro atoms. The van der Waals surface area contributed by atoms with E-state index in [1.165, 1.54) is 31.8 Å². The van der Waals surface area contributed by atoms with Gasteiger partial charge in [-0.25, -0.2) is 9.78 Å². The average Bonchev–Trinajstić information content (AvgIpc) is 3.28. The van der Waals surface area contributed by atoms with Gasteiger partial charge in [-0.2, -0.15) is 0 Å². The molecule has 1 aliphatic heterocycles. The monoisotopic (exact) mass is 399 g/mol. The second-order valence-electron chi connectivity index (χ2n) is 6.48. The minimum absolute atomic E-state index is 0.0147. The van der Waals surface area contributed by atoms with Gasteiger partial charge < -0.3 is 28.5 Å². The third-order valence-electron chi connectivity index (χ3n) is 4.45. The van der Waals surface area contributed by atoms with E-state index >= 15 is 0 Å². The number of nitrogens with one attached hydrogen (secondary N) is 1. The van der Waals surface area contributed by atoms with Crippen molar-refractivity contribution in [2.24, 2.45) is 7.05 Å². The predicted molar refractivity (Wildman–Crippen MR) is 100 cm³/mol. The van der Waals surface area contributed by atoms with Crippen LogP contribution in [0.25, 0.3) is 11.1 Å². The van der Waals surface area contributed by atoms with Gasteiger partial charge in [0.1, 0.15) is 23.0 Å². The molecule has 0 bridgehead atoms. The van der Waals surface area contributed by atoms with E-state index in [-0.39, 0.29) is 29.2 Å². The van der Waals surface area contributed by atoms with Crippen LogP contribution in [-0.2, 0) is 16.6 Å². The molecule has 0 aliphatic carbocycles. The van der Waals surface area contributed by atoms with Gasteiger partial charge in [0.15, 0.2) is 17.6 Å². The standard InChI is InChI=1S/C19H17N3O7/c1-9-14(15-17(28-9)20-7-22(3)18(15)24)19(25)29-10(2)16(23)21-11-4-5-12-13(6-11)27-8-26-12/h4-7,10H,8H2,1-3H3,(H,21,23). The molecule has 3 aromatic rings. The first-order chi connectivity index (χ1) is 13.8. The zero-order chi connectivity index (χ0) is 20.7. The van der Waals surface area contributed by atoms with E-state index in [0.29, 0.717) is 17.2 Å². The maximum absolute atomic E-state index is 12.7. The van der Waals surface area contributed by atoms with Crippen molar-refractivity contribution in [3.05, 3.63) is 46.2 Å². The Balaban J connectivity index is 1.52. The summed E-state index contributed by atoms with van der Waals surface area (Å²) in [5.41, 5.74) is 0.00729. The van der Waals surface area contributed by atoms with Crippen LogP contribution in [0, 0.1) is 6.92 Å². The first-order valence-electron chi connectivity index (χ1n) is 8.71. The number of carbonyl (C=O) groups excluding carboxylic acids is 2. The highest BCUT2D eigenvalue weighted by Crippen LogP contribution is 2.34. The lowest BCUT2D eigenvalue weighted by molar-refractivity contribution is -0.123. The zero-order valence-corrected chi connectivity index (χ0v) is 15.8. The number of esters is 1. The molecule has 0 saturated carbocycles. The minimum Gasteiger partial charge on any atom is -0.454 e. The Morgan fingerprint density at radius 1 is 1.28 bits per heavy atom. The quantitative estimate of drug-likeness (QED) is 0.659. The maximum Gasteiger partial charge on any atom is 0.343 e. The number of amides is 1. The first-order valence-corrected chi connectivity index (χ1v) is 8.71. The van der Waals surface area contributed by atoms with Crippen LogP contribution in [0.3, 0.4) is 0 Å². The number of furan rings is 1. The van der Waals surface area contributed by atoms with Crippen LogP contribution in [0.1, 0.15) is 23.0 Å². The smallest absolute Gasteiger partial charge is 0.343 e. The van der Waals surface area contributed by atoms with Crippen LogP contribution in [-0.4, -0.2) is 34.3 Å². The van der Waals surface area contributed by atoms with Crippen molar-refractivity contribution in [3.63, 3.8) is 0 Å². The van der Waals surface area contributed by atoms with Crippen molar-refractivity contribution in [2.75, 3.05) is 12.1 Å². The fourth-order valence-corrected chi connectivity index (χ4v) is 2.92. The summed E-state index contributed by atoms with van der Waals surface area (Å²) >= 11 is 0. The molecule has 0 fully saturated rings. The van der Waals surface area contributed by atoms with E-state index in [9.17, 15) is 14.4 Å². The molecule has 1 N–H and O–H groups in total. The number of aryl methyl sites for hydroxylation is 2. The van der Waals surface area contributed by atoms with Gasteiger partial charge in [-0.05, 0) is 26.0 Å². The summed E-state index contributed by atoms with van der Waals surface area (Å²) in [6.45, 7) is 3.07. The molecule has 0 radical (unpaired) electrons. The van der Waals surface area contributed by atoms with Gasteiger partial charge in [-0.1, -0.05) is 0 Å². The van der Waals surface area contributed by atoms with Gasteiger partial charge in [0.05, 0.1) is 0 Å². The third kappa shape index (κ3) is 3.28. The van der Waals surface area contributed by atoms with Crippen molar-refractivity contribution < 1.29 is 28.2 Å². The minimum atomic E-state index is -1.13. The lowest BCUT2D eigenvalue weighted by Gasteiger charge is -2.13. The molecule has 1 aromatic carbocycles. The fraction of sp³-hybridized carbons (Fsp3) is 0.263. The number of aromatic nitrogens is 2. The van der Waals surface area contributed by atoms with Crippen molar-refractivity contribution in [2.45, 2.75) is 20.0 Å². The van der Waals surface area contributed by atoms with Crippen molar-refractivity contribution in [3.8, 4) is 11.5 Å². The van der Waals surface area contributed by atoms with Gasteiger partial charge >= 0.3 is 5.97 Å². The summed E-state index contributed by atoms with van der Waals surface area (Å²) in [6.07, 6.45) is 0.169. The van der Waals surface area contributed by atoms with Crippen LogP contribution >= 0.6 is 0 Å². The summed E-state index contributed by atoms with van der Waals surface area (Å²) in [4.78, 5) is 41.4. The van der Waals surface area contributed by atoms with Gasteiger partial charge in [0.2, 0.25) is 12.5 Å². The van der Waals surface area contributed by atoms with Gasteiger partial charge in [0, 0.05) is 18.8 Å². The number of ether oxygens (including phenoxy) is 3. The maximum atomic E-state index is 12.7. The molecule has 4 rings (SSSR count). The number of nitrogens with zero attached hydrogens (tertiary/aromatic N) is 2. The Morgan fingerprint density at radius 3 is 2.83 bits per heavy atom. The molecule has 3 heterocycles. The van der Waals surface area contributed by atoms with Crippen molar-refractivity contribution in [1.82, 2.24) is 9.55 Å². The Kier molecular flexibility index (Phi) is 4.45. The normalized spacial score (nSPS) is 13.3. The highest BCUT2D eigenvalue weighted by Gasteiger charge is 2.27. The molecular formula is C19H17N3O7. The molecule has 1 amide bonds. The molecule has 10 nitrogen and oxygen atoms in total. The van der Waals surface area contributed by atoms with Crippen molar-refractivity contribution >= 4 is 28.7 Å². The predicted octanol–water partition coefficient (Wildman–Crippen LogP) is 1.75. The molecule has 2 aromatic heterocycles. The largest absolute Gasteiger partial charge is 0.454 e. The number of carbonyl (C=O) groups is 2. The lowest BCUT2D eigenvalue weighted by Crippen LogP contribution is -2.30. The van der Waals surface area contributed by atoms with Crippen LogP contribution in [0.15, 0.2) is 33.7 Å². The average molecular weight is 399 g/mol. The van der Waals surface area contributed by atoms with Crippen molar-refractivity contribution in [1.29, 1.82) is 0 Å². The molecule has 10 heteroatoms. The summed E-state index contributed by atoms with van der Waals surface area (Å²) in [5, 5.41) is 2.66. The van der Waals surface area contributed by atoms with E-state index < -0.39 is 23.5 Å². The Morgan fingerprint density at radius 2 is 2.03 bits per heavy atom. The Hall–Kier alpha value is -3.82. The Bertz CT molecular complexity index is 1190. The first kappa shape index (κ1) is 18.5. The van der Waals surface area contributed by atoms with Crippen LogP contribution < -0.4 is 20.3 Å². The Labute approximate surface area is 164 Å². The number of hydrogen-bond donors (Lipinski definition) is 1. The lowest BCUT2D eigenvalue weighted by atomic mass is 10.2. The van der Waals surface area contributed by atoms with E-state index in [4.69, 9.17) is 18.6 Å². The number of anilines is 1. The van der Waals surface area contributed by atoms with Gasteiger partial charge in [-0.3, -0.25) is 9.59 Å². The van der Waals surface area contributed by atoms with Crippen LogP contribution in [0.2, 0.25) is 0 Å². The summed E-state index contributed by atoms with van der Waals surface area (Å²) in [6, 6.07) is 4.92. The summed E-state index contributed by atoms with van der Waals surface area (Å²) in [5.74, 6) is -0.117. The number of hydrogen-bond acceptors (Lipinski definition) is 8. The topological polar surface area (TPSA) is 122 Å². The molecule has 29 heavy (non-hydrogen) atoms. The van der Waals surface area contributed by atoms with Crippen LogP contribution in [0.4, 0.5) is 5.69 Å². The highest BCUT2D eigenvalue weighted by atomic mass is 16.7. The second-order valence-corrected chi connectivity index (χ2v) is 6.48. The summed E-state index contributed by atoms with van der Waals surface area (Å²) in [7, 11) is 1.51. The number of rotatable bonds is 4. The van der Waals surface area contributed by atoms with E-state index in [2.05, 4.69) is 10.3 Å². The molecule has 1 unspecified atom stereocenters. The van der Waals surface area contributed by atoms with Crippen LogP contribution in [0.5, 0.6) is 11.5 Å². The molecule has 1 atom stereocenters. The highest BCUT2D eigenvalue weighted by molar-refractivity contribution is 6.05. The molecule has 150 valence electrons. The molecular weight excluding hydrogens is 382 g/mol. The summed E-state index contributed by atoms with van der Waals surface area (Å²) < 4.78 is 22.4. The molecule has 0 saturated heterocycles. The van der Waals surface area contributed by atoms with Gasteiger partial charge in [-0.15, -0.1) is 0 Å².